The summed E-state index contributed by atoms with van der Waals surface area (Å²) >= 11 is 0. The van der Waals surface area contributed by atoms with Crippen molar-refractivity contribution < 1.29 is 59.7 Å². The molecule has 58 heavy (non-hydrogen) atoms. The van der Waals surface area contributed by atoms with E-state index in [0.29, 0.717) is 44.9 Å². The van der Waals surface area contributed by atoms with Crippen molar-refractivity contribution >= 4 is 44.6 Å². The van der Waals surface area contributed by atoms with Crippen LogP contribution >= 0.6 is 0 Å². The Labute approximate surface area is 333 Å². The summed E-state index contributed by atoms with van der Waals surface area (Å²) in [5.41, 5.74) is -4.80. The highest BCUT2D eigenvalue weighted by Crippen LogP contribution is 2.47. The summed E-state index contributed by atoms with van der Waals surface area (Å²) in [4.78, 5) is 61.4. The molecule has 2 aromatic rings. The molecule has 2 saturated carbocycles. The lowest BCUT2D eigenvalue weighted by Gasteiger charge is -2.45. The number of nitrogens with one attached hydrogen (secondary N) is 2. The van der Waals surface area contributed by atoms with Gasteiger partial charge >= 0.3 is 12.3 Å². The van der Waals surface area contributed by atoms with Gasteiger partial charge in [0.15, 0.2) is 11.6 Å². The number of aromatic nitrogens is 1. The Morgan fingerprint density at radius 1 is 1.14 bits per heavy atom. The molecule has 3 fully saturated rings. The number of amides is 4. The van der Waals surface area contributed by atoms with Gasteiger partial charge < -0.3 is 24.8 Å². The molecule has 1 saturated heterocycles. The number of carbonyl (C=O) groups excluding carboxylic acids is 3. The first-order valence-electron chi connectivity index (χ1n) is 19.4. The third kappa shape index (κ3) is 8.41. The molecule has 3 heterocycles. The van der Waals surface area contributed by atoms with E-state index in [2.05, 4.69) is 15.0 Å². The van der Waals surface area contributed by atoms with E-state index in [-0.39, 0.29) is 53.7 Å². The molecule has 3 N–H and O–H groups in total. The Morgan fingerprint density at radius 3 is 2.48 bits per heavy atom. The van der Waals surface area contributed by atoms with Crippen molar-refractivity contribution in [3.63, 3.8) is 0 Å². The van der Waals surface area contributed by atoms with E-state index in [0.717, 1.165) is 11.0 Å². The topological polar surface area (TPSA) is 185 Å². The van der Waals surface area contributed by atoms with Crippen LogP contribution in [0.1, 0.15) is 79.6 Å². The first-order valence-corrected chi connectivity index (χ1v) is 21.0. The maximum absolute atomic E-state index is 15.1. The van der Waals surface area contributed by atoms with Gasteiger partial charge in [-0.05, 0) is 94.7 Å². The number of fused-ring (bicyclic) bond motifs is 3. The molecule has 19 heteroatoms. The van der Waals surface area contributed by atoms with Gasteiger partial charge in [-0.2, -0.15) is 13.2 Å². The number of hydrogen-bond donors (Lipinski definition) is 3. The summed E-state index contributed by atoms with van der Waals surface area (Å²) in [5.74, 6) is -5.64. The maximum Gasteiger partial charge on any atom is 0.411 e. The zero-order valence-corrected chi connectivity index (χ0v) is 33.7. The van der Waals surface area contributed by atoms with Gasteiger partial charge in [0.05, 0.1) is 18.4 Å². The third-order valence-electron chi connectivity index (χ3n) is 11.7. The molecular weight excluding hydrogens is 791 g/mol. The normalized spacial score (nSPS) is 28.9. The predicted octanol–water partition coefficient (Wildman–Crippen LogP) is 5.31. The predicted molar refractivity (Wildman–Crippen MR) is 202 cm³/mol. The SMILES string of the molecule is CCOc1cc2ccnc(O[C@@H]3C[C@H]4C(=O)N[C@]5(C(=O)NS(=O)(=O)C6CC6)C[C@H]5/C=C\CC[C@@H](C)C[C@@H](C)[C@H](N(C(=O)O)C(C)(C)C(F)(F)F)C(=O)N4C3)c2cc1F. The van der Waals surface area contributed by atoms with Crippen molar-refractivity contribution in [3.8, 4) is 11.6 Å². The average Bonchev–Trinajstić information content (AvgIpc) is 4.05. The summed E-state index contributed by atoms with van der Waals surface area (Å²) in [6, 6.07) is 0.705. The Balaban J connectivity index is 1.42. The smallest absolute Gasteiger partial charge is 0.411 e. The van der Waals surface area contributed by atoms with Crippen LogP contribution in [0.4, 0.5) is 22.4 Å². The van der Waals surface area contributed by atoms with Gasteiger partial charge in [-0.1, -0.05) is 26.0 Å². The highest BCUT2D eigenvalue weighted by molar-refractivity contribution is 7.91. The van der Waals surface area contributed by atoms with Crippen LogP contribution < -0.4 is 19.5 Å². The van der Waals surface area contributed by atoms with Crippen molar-refractivity contribution in [2.75, 3.05) is 13.2 Å². The molecule has 1 aromatic carbocycles. The van der Waals surface area contributed by atoms with Gasteiger partial charge in [0.1, 0.15) is 29.3 Å². The standard InChI is InChI=1S/C39H49F4N5O9S/c1-6-56-30-16-23-13-14-44-33(27(23)18-28(30)40)57-25-17-29-32(49)45-38(35(51)46-58(54,55)26-11-12-26)19-24(38)10-8-7-9-21(2)15-22(3)31(34(50)47(29)20-25)48(36(52)53)37(4,5)39(41,42)43/h8,10,13-14,16,18,21-22,24-26,29,31H,6-7,9,11-12,15,17,19-20H2,1-5H3,(H,45,49)(H,46,51)(H,52,53)/b10-8-/t21-,22-,24-,25-,29+,31+,38-/m1/s1. The number of rotatable bonds is 9. The molecule has 0 spiro atoms. The molecule has 2 aliphatic heterocycles. The maximum atomic E-state index is 15.1. The molecule has 2 aliphatic carbocycles. The number of hydrogen-bond acceptors (Lipinski definition) is 9. The van der Waals surface area contributed by atoms with Gasteiger partial charge in [-0.25, -0.2) is 22.6 Å². The van der Waals surface area contributed by atoms with Crippen molar-refractivity contribution in [3.05, 3.63) is 42.4 Å². The average molecular weight is 840 g/mol. The van der Waals surface area contributed by atoms with Gasteiger partial charge in [0.25, 0.3) is 5.91 Å². The van der Waals surface area contributed by atoms with Gasteiger partial charge in [0, 0.05) is 23.9 Å². The zero-order chi connectivity index (χ0) is 42.5. The van der Waals surface area contributed by atoms with Crippen LogP contribution in [-0.2, 0) is 24.4 Å². The summed E-state index contributed by atoms with van der Waals surface area (Å²) in [7, 11) is -4.05. The molecule has 0 unspecified atom stereocenters. The van der Waals surface area contributed by atoms with Crippen LogP contribution in [0.15, 0.2) is 36.5 Å². The zero-order valence-electron chi connectivity index (χ0n) is 32.8. The fourth-order valence-electron chi connectivity index (χ4n) is 8.15. The summed E-state index contributed by atoms with van der Waals surface area (Å²) in [5, 5.41) is 13.1. The van der Waals surface area contributed by atoms with Crippen LogP contribution in [0, 0.1) is 23.6 Å². The van der Waals surface area contributed by atoms with Crippen molar-refractivity contribution in [2.45, 2.75) is 120 Å². The van der Waals surface area contributed by atoms with Crippen molar-refractivity contribution in [2.24, 2.45) is 17.8 Å². The molecule has 4 aliphatic rings. The van der Waals surface area contributed by atoms with E-state index in [4.69, 9.17) is 9.47 Å². The highest BCUT2D eigenvalue weighted by atomic mass is 32.2. The molecule has 318 valence electrons. The van der Waals surface area contributed by atoms with E-state index in [1.807, 2.05) is 6.92 Å². The van der Waals surface area contributed by atoms with Crippen LogP contribution in [-0.4, -0.2) is 106 Å². The number of pyridine rings is 1. The van der Waals surface area contributed by atoms with Gasteiger partial charge in [-0.15, -0.1) is 0 Å². The molecule has 0 bridgehead atoms. The molecular formula is C39H49F4N5O9S. The monoisotopic (exact) mass is 839 g/mol. The fraction of sp³-hybridized carbons (Fsp3) is 0.615. The van der Waals surface area contributed by atoms with Crippen LogP contribution in [0.3, 0.4) is 0 Å². The number of carboxylic acid groups (broad SMARTS) is 1. The van der Waals surface area contributed by atoms with Crippen molar-refractivity contribution in [1.29, 1.82) is 0 Å². The minimum atomic E-state index is -5.12. The second-order valence-electron chi connectivity index (χ2n) is 16.5. The number of carbonyl (C=O) groups is 4. The molecule has 6 rings (SSSR count). The summed E-state index contributed by atoms with van der Waals surface area (Å²) < 4.78 is 98.5. The van der Waals surface area contributed by atoms with Crippen molar-refractivity contribution in [1.82, 2.24) is 24.8 Å². The lowest BCUT2D eigenvalue weighted by molar-refractivity contribution is -0.222. The number of benzene rings is 1. The number of allylic oxidation sites excluding steroid dienone is 1. The van der Waals surface area contributed by atoms with Crippen LogP contribution in [0.2, 0.25) is 0 Å². The quantitative estimate of drug-likeness (QED) is 0.221. The Morgan fingerprint density at radius 2 is 1.84 bits per heavy atom. The Hall–Kier alpha value is -4.68. The Kier molecular flexibility index (Phi) is 11.7. The lowest BCUT2D eigenvalue weighted by atomic mass is 9.85. The first-order chi connectivity index (χ1) is 27.1. The minimum Gasteiger partial charge on any atom is -0.491 e. The molecule has 0 radical (unpaired) electrons. The van der Waals surface area contributed by atoms with E-state index in [1.54, 1.807) is 25.1 Å². The van der Waals surface area contributed by atoms with Gasteiger partial charge in [0.2, 0.25) is 27.7 Å². The van der Waals surface area contributed by atoms with Crippen LogP contribution in [0.25, 0.3) is 10.8 Å². The minimum absolute atomic E-state index is 0.0171. The first kappa shape index (κ1) is 42.9. The molecule has 7 atom stereocenters. The molecule has 4 amide bonds. The fourth-order valence-corrected chi connectivity index (χ4v) is 9.51. The van der Waals surface area contributed by atoms with E-state index in [1.165, 1.54) is 19.2 Å². The summed E-state index contributed by atoms with van der Waals surface area (Å²) in [6.07, 6.45) is -1.81. The largest absolute Gasteiger partial charge is 0.491 e. The number of nitrogens with zero attached hydrogens (tertiary/aromatic N) is 3. The molecule has 14 nitrogen and oxygen atoms in total. The molecule has 1 aromatic heterocycles. The number of ether oxygens (including phenoxy) is 2. The number of alkyl halides is 3. The number of halogens is 4. The van der Waals surface area contributed by atoms with E-state index >= 15 is 4.39 Å². The number of sulfonamides is 1. The lowest BCUT2D eigenvalue weighted by Crippen LogP contribution is -2.66. The third-order valence-corrected chi connectivity index (χ3v) is 13.5. The van der Waals surface area contributed by atoms with Gasteiger partial charge in [-0.3, -0.25) is 24.0 Å². The van der Waals surface area contributed by atoms with E-state index < -0.39 is 98.7 Å². The Bertz CT molecular complexity index is 2100. The summed E-state index contributed by atoms with van der Waals surface area (Å²) in [6.45, 7) is 6.10. The highest BCUT2D eigenvalue weighted by Gasteiger charge is 2.63. The second-order valence-corrected chi connectivity index (χ2v) is 18.4. The van der Waals surface area contributed by atoms with E-state index in [9.17, 15) is 45.9 Å². The second kappa shape index (κ2) is 15.8. The van der Waals surface area contributed by atoms with Crippen LogP contribution in [0.5, 0.6) is 11.6 Å².